The number of nitrogens with one attached hydrogen (secondary N) is 2. The van der Waals surface area contributed by atoms with Crippen LogP contribution in [0.15, 0.2) is 53.7 Å². The van der Waals surface area contributed by atoms with Crippen molar-refractivity contribution in [1.82, 2.24) is 15.2 Å². The van der Waals surface area contributed by atoms with Gasteiger partial charge in [0.25, 0.3) is 0 Å². The van der Waals surface area contributed by atoms with E-state index in [1.165, 1.54) is 23.4 Å². The molecule has 0 atom stereocenters. The topological polar surface area (TPSA) is 70.7 Å². The molecule has 5 nitrogen and oxygen atoms in total. The molecule has 0 spiro atoms. The Morgan fingerprint density at radius 3 is 2.70 bits per heavy atom. The van der Waals surface area contributed by atoms with Gasteiger partial charge < -0.3 is 5.32 Å². The maximum Gasteiger partial charge on any atom is 0.234 e. The molecule has 2 aromatic carbocycles. The van der Waals surface area contributed by atoms with Crippen molar-refractivity contribution in [3.63, 3.8) is 0 Å². The van der Waals surface area contributed by atoms with Gasteiger partial charge in [-0.2, -0.15) is 0 Å². The maximum absolute atomic E-state index is 13.8. The van der Waals surface area contributed by atoms with Crippen LogP contribution in [0.2, 0.25) is 0 Å². The minimum atomic E-state index is -0.370. The maximum atomic E-state index is 13.8. The van der Waals surface area contributed by atoms with Gasteiger partial charge in [-0.1, -0.05) is 49.4 Å². The molecule has 7 heteroatoms. The Morgan fingerprint density at radius 1 is 1.19 bits per heavy atom. The van der Waals surface area contributed by atoms with Crippen LogP contribution in [0.25, 0.3) is 11.4 Å². The van der Waals surface area contributed by atoms with E-state index in [1.807, 2.05) is 24.3 Å². The van der Waals surface area contributed by atoms with Crippen LogP contribution in [0.5, 0.6) is 0 Å². The molecule has 1 amide bonds. The predicted molar refractivity (Wildman–Crippen MR) is 106 cm³/mol. The molecule has 1 heterocycles. The van der Waals surface area contributed by atoms with E-state index in [2.05, 4.69) is 27.4 Å². The van der Waals surface area contributed by atoms with Gasteiger partial charge in [0.15, 0.2) is 5.82 Å². The smallest absolute Gasteiger partial charge is 0.234 e. The van der Waals surface area contributed by atoms with Crippen molar-refractivity contribution >= 4 is 23.4 Å². The fourth-order valence-electron chi connectivity index (χ4n) is 2.55. The third-order valence-electron chi connectivity index (χ3n) is 3.98. The molecule has 1 aromatic heterocycles. The lowest BCUT2D eigenvalue weighted by molar-refractivity contribution is -0.113. The summed E-state index contributed by atoms with van der Waals surface area (Å²) in [6.45, 7) is 2.17. The number of carbonyl (C=O) groups is 1. The van der Waals surface area contributed by atoms with Crippen molar-refractivity contribution in [1.29, 1.82) is 0 Å². The zero-order chi connectivity index (χ0) is 19.1. The third-order valence-corrected chi connectivity index (χ3v) is 4.83. The molecule has 3 rings (SSSR count). The first-order chi connectivity index (χ1) is 13.2. The van der Waals surface area contributed by atoms with Crippen molar-refractivity contribution in [2.24, 2.45) is 0 Å². The molecular weight excluding hydrogens is 363 g/mol. The quantitative estimate of drug-likeness (QED) is 0.553. The van der Waals surface area contributed by atoms with Gasteiger partial charge in [0.2, 0.25) is 11.1 Å². The van der Waals surface area contributed by atoms with E-state index in [9.17, 15) is 9.18 Å². The summed E-state index contributed by atoms with van der Waals surface area (Å²) in [5.74, 6) is 0.00847. The molecule has 0 unspecified atom stereocenters. The second-order valence-corrected chi connectivity index (χ2v) is 7.03. The first kappa shape index (κ1) is 19.1. The number of aromatic amines is 1. The van der Waals surface area contributed by atoms with Crippen molar-refractivity contribution in [3.8, 4) is 11.4 Å². The van der Waals surface area contributed by atoms with E-state index < -0.39 is 0 Å². The average Bonchev–Trinajstić information content (AvgIpc) is 3.15. The molecule has 0 fully saturated rings. The molecule has 0 saturated carbocycles. The van der Waals surface area contributed by atoms with E-state index in [4.69, 9.17) is 0 Å². The Bertz CT molecular complexity index is 895. The highest BCUT2D eigenvalue weighted by molar-refractivity contribution is 7.99. The summed E-state index contributed by atoms with van der Waals surface area (Å²) in [6.07, 6.45) is 3.37. The molecule has 0 aliphatic rings. The number of hydrogen-bond donors (Lipinski definition) is 2. The van der Waals surface area contributed by atoms with Gasteiger partial charge in [0, 0.05) is 5.69 Å². The minimum absolute atomic E-state index is 0.140. The Balaban J connectivity index is 1.51. The Kier molecular flexibility index (Phi) is 6.59. The molecule has 0 radical (unpaired) electrons. The number of aromatic nitrogens is 3. The molecule has 3 aromatic rings. The summed E-state index contributed by atoms with van der Waals surface area (Å²) in [6, 6.07) is 14.2. The van der Waals surface area contributed by atoms with Crippen molar-refractivity contribution in [3.05, 3.63) is 59.9 Å². The highest BCUT2D eigenvalue weighted by Gasteiger charge is 2.11. The SMILES string of the molecule is CCCCc1ccc(NC(=O)CSc2n[nH]c(-c3ccccc3F)n2)cc1. The van der Waals surface area contributed by atoms with Crippen LogP contribution >= 0.6 is 11.8 Å². The second kappa shape index (κ2) is 9.32. The summed E-state index contributed by atoms with van der Waals surface area (Å²) in [7, 11) is 0. The van der Waals surface area contributed by atoms with E-state index >= 15 is 0 Å². The zero-order valence-corrected chi connectivity index (χ0v) is 15.9. The first-order valence-electron chi connectivity index (χ1n) is 8.84. The number of halogens is 1. The molecule has 0 bridgehead atoms. The van der Waals surface area contributed by atoms with Gasteiger partial charge in [0.1, 0.15) is 5.82 Å². The Hall–Kier alpha value is -2.67. The fraction of sp³-hybridized carbons (Fsp3) is 0.250. The van der Waals surface area contributed by atoms with Crippen LogP contribution in [0.1, 0.15) is 25.3 Å². The lowest BCUT2D eigenvalue weighted by Gasteiger charge is -2.05. The highest BCUT2D eigenvalue weighted by Crippen LogP contribution is 2.21. The van der Waals surface area contributed by atoms with Crippen LogP contribution in [0, 0.1) is 5.82 Å². The number of aryl methyl sites for hydroxylation is 1. The van der Waals surface area contributed by atoms with Gasteiger partial charge >= 0.3 is 0 Å². The summed E-state index contributed by atoms with van der Waals surface area (Å²) in [5.41, 5.74) is 2.39. The number of anilines is 1. The predicted octanol–water partition coefficient (Wildman–Crippen LogP) is 4.68. The van der Waals surface area contributed by atoms with Gasteiger partial charge in [-0.25, -0.2) is 9.37 Å². The van der Waals surface area contributed by atoms with Crippen LogP contribution < -0.4 is 5.32 Å². The second-order valence-electron chi connectivity index (χ2n) is 6.08. The number of benzene rings is 2. The summed E-state index contributed by atoms with van der Waals surface area (Å²) in [4.78, 5) is 16.4. The van der Waals surface area contributed by atoms with E-state index in [0.717, 1.165) is 24.9 Å². The molecule has 27 heavy (non-hydrogen) atoms. The molecule has 2 N–H and O–H groups in total. The number of H-pyrrole nitrogens is 1. The lowest BCUT2D eigenvalue weighted by Crippen LogP contribution is -2.14. The Labute approximate surface area is 161 Å². The van der Waals surface area contributed by atoms with Gasteiger partial charge in [-0.05, 0) is 42.7 Å². The van der Waals surface area contributed by atoms with E-state index in [1.54, 1.807) is 18.2 Å². The van der Waals surface area contributed by atoms with Crippen molar-refractivity contribution in [2.45, 2.75) is 31.3 Å². The number of thioether (sulfide) groups is 1. The van der Waals surface area contributed by atoms with Crippen molar-refractivity contribution < 1.29 is 9.18 Å². The van der Waals surface area contributed by atoms with E-state index in [-0.39, 0.29) is 17.5 Å². The fourth-order valence-corrected chi connectivity index (χ4v) is 3.15. The summed E-state index contributed by atoms with van der Waals surface area (Å²) >= 11 is 1.20. The van der Waals surface area contributed by atoms with Gasteiger partial charge in [-0.3, -0.25) is 9.89 Å². The highest BCUT2D eigenvalue weighted by atomic mass is 32.2. The summed E-state index contributed by atoms with van der Waals surface area (Å²) < 4.78 is 13.8. The van der Waals surface area contributed by atoms with Gasteiger partial charge in [-0.15, -0.1) is 5.10 Å². The molecule has 0 aliphatic carbocycles. The largest absolute Gasteiger partial charge is 0.325 e. The van der Waals surface area contributed by atoms with E-state index in [0.29, 0.717) is 16.5 Å². The lowest BCUT2D eigenvalue weighted by atomic mass is 10.1. The Morgan fingerprint density at radius 2 is 1.96 bits per heavy atom. The zero-order valence-electron chi connectivity index (χ0n) is 15.0. The molecule has 0 aliphatic heterocycles. The number of nitrogens with zero attached hydrogens (tertiary/aromatic N) is 2. The minimum Gasteiger partial charge on any atom is -0.325 e. The van der Waals surface area contributed by atoms with Crippen LogP contribution in [0.3, 0.4) is 0 Å². The van der Waals surface area contributed by atoms with Crippen LogP contribution in [0.4, 0.5) is 10.1 Å². The molecule has 0 saturated heterocycles. The van der Waals surface area contributed by atoms with Crippen molar-refractivity contribution in [2.75, 3.05) is 11.1 Å². The number of unbranched alkanes of at least 4 members (excludes halogenated alkanes) is 1. The van der Waals surface area contributed by atoms with Crippen LogP contribution in [-0.4, -0.2) is 26.8 Å². The number of rotatable bonds is 8. The molecule has 140 valence electrons. The normalized spacial score (nSPS) is 10.7. The average molecular weight is 384 g/mol. The number of hydrogen-bond acceptors (Lipinski definition) is 4. The van der Waals surface area contributed by atoms with Gasteiger partial charge in [0.05, 0.1) is 11.3 Å². The third kappa shape index (κ3) is 5.40. The number of carbonyl (C=O) groups excluding carboxylic acids is 1. The monoisotopic (exact) mass is 384 g/mol. The molecular formula is C20H21FN4OS. The first-order valence-corrected chi connectivity index (χ1v) is 9.83. The van der Waals surface area contributed by atoms with Crippen LogP contribution in [-0.2, 0) is 11.2 Å². The summed E-state index contributed by atoms with van der Waals surface area (Å²) in [5, 5.41) is 10.00. The number of amides is 1. The standard InChI is InChI=1S/C20H21FN4OS/c1-2-3-6-14-9-11-15(12-10-14)22-18(26)13-27-20-23-19(24-25-20)16-7-4-5-8-17(16)21/h4-5,7-12H,2-3,6,13H2,1H3,(H,22,26)(H,23,24,25).